The molecule has 1 N–H and O–H groups in total. The van der Waals surface area contributed by atoms with Gasteiger partial charge in [-0.3, -0.25) is 0 Å². The Morgan fingerprint density at radius 2 is 2.06 bits per heavy atom. The molecule has 1 fully saturated rings. The van der Waals surface area contributed by atoms with Gasteiger partial charge in [0.1, 0.15) is 0 Å². The SMILES string of the molecule is CCC1CCCCC1Nc1nc(Cl)nc(OC)n1. The molecule has 0 aliphatic heterocycles. The summed E-state index contributed by atoms with van der Waals surface area (Å²) >= 11 is 5.83. The van der Waals surface area contributed by atoms with E-state index in [4.69, 9.17) is 16.3 Å². The molecule has 2 rings (SSSR count). The first-order valence-electron chi connectivity index (χ1n) is 6.45. The molecule has 2 unspecified atom stereocenters. The lowest BCUT2D eigenvalue weighted by molar-refractivity contribution is 0.315. The van der Waals surface area contributed by atoms with Crippen molar-refractivity contribution in [3.63, 3.8) is 0 Å². The van der Waals surface area contributed by atoms with E-state index in [0.29, 0.717) is 17.9 Å². The second-order valence-electron chi connectivity index (χ2n) is 4.62. The third-order valence-corrected chi connectivity index (χ3v) is 3.69. The molecule has 0 radical (unpaired) electrons. The number of hydrogen-bond donors (Lipinski definition) is 1. The van der Waals surface area contributed by atoms with Crippen molar-refractivity contribution >= 4 is 17.5 Å². The number of hydrogen-bond acceptors (Lipinski definition) is 5. The maximum Gasteiger partial charge on any atom is 0.322 e. The summed E-state index contributed by atoms with van der Waals surface area (Å²) in [6, 6.07) is 0.674. The molecule has 6 heteroatoms. The van der Waals surface area contributed by atoms with Gasteiger partial charge in [-0.2, -0.15) is 15.0 Å². The lowest BCUT2D eigenvalue weighted by Gasteiger charge is -2.31. The average molecular weight is 271 g/mol. The van der Waals surface area contributed by atoms with Crippen LogP contribution in [-0.4, -0.2) is 28.1 Å². The van der Waals surface area contributed by atoms with E-state index in [-0.39, 0.29) is 11.3 Å². The Bertz CT molecular complexity index is 402. The van der Waals surface area contributed by atoms with Gasteiger partial charge in [0, 0.05) is 6.04 Å². The number of halogens is 1. The molecule has 1 aliphatic rings. The summed E-state index contributed by atoms with van der Waals surface area (Å²) in [6.07, 6.45) is 6.17. The molecule has 0 aromatic carbocycles. The van der Waals surface area contributed by atoms with Crippen LogP contribution >= 0.6 is 11.6 Å². The van der Waals surface area contributed by atoms with E-state index in [1.807, 2.05) is 0 Å². The summed E-state index contributed by atoms with van der Waals surface area (Å²) in [7, 11) is 1.52. The Labute approximate surface area is 112 Å². The Morgan fingerprint density at radius 1 is 1.28 bits per heavy atom. The number of nitrogens with one attached hydrogen (secondary N) is 1. The zero-order valence-corrected chi connectivity index (χ0v) is 11.6. The van der Waals surface area contributed by atoms with Gasteiger partial charge in [0.2, 0.25) is 11.2 Å². The number of ether oxygens (including phenoxy) is 1. The summed E-state index contributed by atoms with van der Waals surface area (Å²) in [5, 5.41) is 3.53. The van der Waals surface area contributed by atoms with E-state index in [1.165, 1.54) is 32.8 Å². The number of aromatic nitrogens is 3. The average Bonchev–Trinajstić information content (AvgIpc) is 2.38. The lowest BCUT2D eigenvalue weighted by atomic mass is 9.83. The van der Waals surface area contributed by atoms with Crippen LogP contribution in [0.15, 0.2) is 0 Å². The first-order valence-corrected chi connectivity index (χ1v) is 6.82. The molecule has 2 atom stereocenters. The summed E-state index contributed by atoms with van der Waals surface area (Å²) in [5.74, 6) is 1.19. The van der Waals surface area contributed by atoms with E-state index < -0.39 is 0 Å². The Morgan fingerprint density at radius 3 is 2.78 bits per heavy atom. The van der Waals surface area contributed by atoms with Crippen LogP contribution in [0.2, 0.25) is 5.28 Å². The van der Waals surface area contributed by atoms with Crippen LogP contribution in [0.5, 0.6) is 6.01 Å². The predicted molar refractivity (Wildman–Crippen MR) is 71.0 cm³/mol. The second-order valence-corrected chi connectivity index (χ2v) is 4.96. The van der Waals surface area contributed by atoms with Crippen molar-refractivity contribution in [3.8, 4) is 6.01 Å². The van der Waals surface area contributed by atoms with Crippen molar-refractivity contribution in [2.24, 2.45) is 5.92 Å². The van der Waals surface area contributed by atoms with Crippen molar-refractivity contribution in [3.05, 3.63) is 5.28 Å². The van der Waals surface area contributed by atoms with Gasteiger partial charge in [-0.1, -0.05) is 26.2 Å². The van der Waals surface area contributed by atoms with E-state index in [2.05, 4.69) is 27.2 Å². The molecule has 0 spiro atoms. The lowest BCUT2D eigenvalue weighted by Crippen LogP contribution is -2.32. The minimum atomic E-state index is 0.160. The fraction of sp³-hybridized carbons (Fsp3) is 0.750. The highest BCUT2D eigenvalue weighted by Gasteiger charge is 2.24. The van der Waals surface area contributed by atoms with Crippen LogP contribution in [0, 0.1) is 5.92 Å². The molecule has 1 aromatic rings. The summed E-state index contributed by atoms with van der Waals surface area (Å²) < 4.78 is 4.99. The van der Waals surface area contributed by atoms with Gasteiger partial charge in [-0.05, 0) is 30.4 Å². The number of nitrogens with zero attached hydrogens (tertiary/aromatic N) is 3. The molecule has 5 nitrogen and oxygen atoms in total. The maximum atomic E-state index is 5.83. The van der Waals surface area contributed by atoms with Gasteiger partial charge < -0.3 is 10.1 Å². The summed E-state index contributed by atoms with van der Waals surface area (Å²) in [4.78, 5) is 12.1. The van der Waals surface area contributed by atoms with Gasteiger partial charge in [-0.15, -0.1) is 0 Å². The van der Waals surface area contributed by atoms with Gasteiger partial charge in [0.25, 0.3) is 0 Å². The highest BCUT2D eigenvalue weighted by Crippen LogP contribution is 2.28. The molecule has 1 aromatic heterocycles. The highest BCUT2D eigenvalue weighted by molar-refractivity contribution is 6.28. The largest absolute Gasteiger partial charge is 0.467 e. The molecule has 0 saturated heterocycles. The highest BCUT2D eigenvalue weighted by atomic mass is 35.5. The van der Waals surface area contributed by atoms with Gasteiger partial charge in [-0.25, -0.2) is 0 Å². The van der Waals surface area contributed by atoms with E-state index in [0.717, 1.165) is 6.42 Å². The van der Waals surface area contributed by atoms with Crippen LogP contribution in [0.25, 0.3) is 0 Å². The van der Waals surface area contributed by atoms with Crippen LogP contribution in [0.1, 0.15) is 39.0 Å². The van der Waals surface area contributed by atoms with Gasteiger partial charge >= 0.3 is 6.01 Å². The second kappa shape index (κ2) is 6.18. The minimum Gasteiger partial charge on any atom is -0.467 e. The summed E-state index contributed by atoms with van der Waals surface area (Å²) in [5.41, 5.74) is 0. The quantitative estimate of drug-likeness (QED) is 0.912. The van der Waals surface area contributed by atoms with E-state index >= 15 is 0 Å². The van der Waals surface area contributed by atoms with Gasteiger partial charge in [0.05, 0.1) is 7.11 Å². The standard InChI is InChI=1S/C12H19ClN4O/c1-3-8-6-4-5-7-9(8)14-11-15-10(13)16-12(17-11)18-2/h8-9H,3-7H2,1-2H3,(H,14,15,16,17). The Hall–Kier alpha value is -1.10. The molecule has 0 amide bonds. The molecular formula is C12H19ClN4O. The molecule has 0 bridgehead atoms. The Kier molecular flexibility index (Phi) is 4.58. The van der Waals surface area contributed by atoms with Crippen molar-refractivity contribution in [1.29, 1.82) is 0 Å². The van der Waals surface area contributed by atoms with Crippen molar-refractivity contribution in [2.75, 3.05) is 12.4 Å². The fourth-order valence-electron chi connectivity index (χ4n) is 2.54. The molecule has 1 aliphatic carbocycles. The Balaban J connectivity index is 2.09. The van der Waals surface area contributed by atoms with Crippen molar-refractivity contribution in [2.45, 2.75) is 45.1 Å². The van der Waals surface area contributed by atoms with Crippen LogP contribution in [0.3, 0.4) is 0 Å². The van der Waals surface area contributed by atoms with Gasteiger partial charge in [0.15, 0.2) is 0 Å². The zero-order valence-electron chi connectivity index (χ0n) is 10.8. The third kappa shape index (κ3) is 3.22. The smallest absolute Gasteiger partial charge is 0.322 e. The fourth-order valence-corrected chi connectivity index (χ4v) is 2.69. The topological polar surface area (TPSA) is 59.9 Å². The summed E-state index contributed by atoms with van der Waals surface area (Å²) in [6.45, 7) is 2.23. The van der Waals surface area contributed by atoms with Crippen LogP contribution < -0.4 is 10.1 Å². The zero-order chi connectivity index (χ0) is 13.0. The first-order chi connectivity index (χ1) is 8.72. The maximum absolute atomic E-state index is 5.83. The van der Waals surface area contributed by atoms with Crippen molar-refractivity contribution in [1.82, 2.24) is 15.0 Å². The number of rotatable bonds is 4. The molecule has 1 heterocycles. The first kappa shape index (κ1) is 13.3. The normalized spacial score (nSPS) is 23.7. The molecule has 18 heavy (non-hydrogen) atoms. The van der Waals surface area contributed by atoms with E-state index in [1.54, 1.807) is 0 Å². The number of methoxy groups -OCH3 is 1. The molecule has 100 valence electrons. The third-order valence-electron chi connectivity index (χ3n) is 3.52. The predicted octanol–water partition coefficient (Wildman–Crippen LogP) is 2.91. The minimum absolute atomic E-state index is 0.160. The molecular weight excluding hydrogens is 252 g/mol. The molecule has 1 saturated carbocycles. The van der Waals surface area contributed by atoms with Crippen LogP contribution in [-0.2, 0) is 0 Å². The van der Waals surface area contributed by atoms with Crippen molar-refractivity contribution < 1.29 is 4.74 Å². The van der Waals surface area contributed by atoms with Crippen LogP contribution in [0.4, 0.5) is 5.95 Å². The number of anilines is 1. The van der Waals surface area contributed by atoms with E-state index in [9.17, 15) is 0 Å². The monoisotopic (exact) mass is 270 g/mol.